The molecule has 7 heteroatoms. The van der Waals surface area contributed by atoms with E-state index in [0.717, 1.165) is 10.1 Å². The van der Waals surface area contributed by atoms with Gasteiger partial charge >= 0.3 is 11.7 Å². The number of esters is 1. The van der Waals surface area contributed by atoms with E-state index < -0.39 is 17.2 Å². The summed E-state index contributed by atoms with van der Waals surface area (Å²) in [6.45, 7) is 0.115. The van der Waals surface area contributed by atoms with E-state index in [9.17, 15) is 14.4 Å². The van der Waals surface area contributed by atoms with Crippen molar-refractivity contribution < 1.29 is 9.53 Å². The van der Waals surface area contributed by atoms with Crippen LogP contribution in [0.4, 0.5) is 5.69 Å². The topological polar surface area (TPSA) is 96.3 Å². The molecule has 0 spiro atoms. The van der Waals surface area contributed by atoms with Crippen LogP contribution in [0.2, 0.25) is 0 Å². The Morgan fingerprint density at radius 3 is 2.44 bits per heavy atom. The van der Waals surface area contributed by atoms with E-state index in [1.54, 1.807) is 37.4 Å². The van der Waals surface area contributed by atoms with Gasteiger partial charge < -0.3 is 10.5 Å². The van der Waals surface area contributed by atoms with Crippen LogP contribution in [0.3, 0.4) is 0 Å². The number of nitrogen functional groups attached to an aromatic ring is 1. The van der Waals surface area contributed by atoms with Gasteiger partial charge in [0.15, 0.2) is 0 Å². The number of ether oxygens (including phenoxy) is 1. The van der Waals surface area contributed by atoms with Gasteiger partial charge in [-0.3, -0.25) is 13.9 Å². The maximum Gasteiger partial charge on any atom is 0.337 e. The number of benzene rings is 2. The fourth-order valence-corrected chi connectivity index (χ4v) is 2.71. The fraction of sp³-hybridized carbons (Fsp3) is 0.167. The molecular weight excluding hydrogens is 322 g/mol. The SMILES string of the molecule is COC(=O)c1ccc2c(c1)c(=O)n(Cc1ccc(N)cc1)c(=O)n2C. The van der Waals surface area contributed by atoms with Gasteiger partial charge in [0.1, 0.15) is 0 Å². The molecule has 0 fully saturated rings. The van der Waals surface area contributed by atoms with E-state index in [-0.39, 0.29) is 17.5 Å². The van der Waals surface area contributed by atoms with E-state index in [4.69, 9.17) is 5.73 Å². The second-order valence-electron chi connectivity index (χ2n) is 5.70. The molecule has 0 radical (unpaired) electrons. The number of aromatic nitrogens is 2. The lowest BCUT2D eigenvalue weighted by Gasteiger charge is -2.11. The predicted molar refractivity (Wildman–Crippen MR) is 94.7 cm³/mol. The highest BCUT2D eigenvalue weighted by Gasteiger charge is 2.14. The zero-order chi connectivity index (χ0) is 18.1. The second kappa shape index (κ2) is 6.27. The lowest BCUT2D eigenvalue weighted by Crippen LogP contribution is -2.39. The maximum atomic E-state index is 12.8. The number of carbonyl (C=O) groups excluding carboxylic acids is 1. The van der Waals surface area contributed by atoms with Crippen molar-refractivity contribution in [2.24, 2.45) is 7.05 Å². The van der Waals surface area contributed by atoms with Crippen LogP contribution in [0.25, 0.3) is 10.9 Å². The van der Waals surface area contributed by atoms with Crippen LogP contribution >= 0.6 is 0 Å². The second-order valence-corrected chi connectivity index (χ2v) is 5.70. The summed E-state index contributed by atoms with van der Waals surface area (Å²) < 4.78 is 7.21. The van der Waals surface area contributed by atoms with Gasteiger partial charge in [0.25, 0.3) is 5.56 Å². The Kier molecular flexibility index (Phi) is 4.14. The number of hydrogen-bond acceptors (Lipinski definition) is 5. The highest BCUT2D eigenvalue weighted by Crippen LogP contribution is 2.12. The largest absolute Gasteiger partial charge is 0.465 e. The molecule has 0 atom stereocenters. The molecule has 7 nitrogen and oxygen atoms in total. The molecule has 25 heavy (non-hydrogen) atoms. The standard InChI is InChI=1S/C18H17N3O4/c1-20-15-8-5-12(17(23)25-2)9-14(15)16(22)21(18(20)24)10-11-3-6-13(19)7-4-11/h3-9H,10,19H2,1-2H3. The van der Waals surface area contributed by atoms with Crippen molar-refractivity contribution in [3.05, 3.63) is 74.4 Å². The van der Waals surface area contributed by atoms with Gasteiger partial charge in [-0.05, 0) is 35.9 Å². The molecule has 0 amide bonds. The predicted octanol–water partition coefficient (Wildman–Crippen LogP) is 1.12. The van der Waals surface area contributed by atoms with Crippen LogP contribution in [0.5, 0.6) is 0 Å². The molecule has 128 valence electrons. The van der Waals surface area contributed by atoms with Crippen molar-refractivity contribution in [3.8, 4) is 0 Å². The number of nitrogens with zero attached hydrogens (tertiary/aromatic N) is 2. The zero-order valence-electron chi connectivity index (χ0n) is 13.9. The van der Waals surface area contributed by atoms with Gasteiger partial charge in [0.05, 0.1) is 30.1 Å². The summed E-state index contributed by atoms with van der Waals surface area (Å²) >= 11 is 0. The van der Waals surface area contributed by atoms with E-state index in [1.165, 1.54) is 23.8 Å². The molecule has 0 aliphatic carbocycles. The highest BCUT2D eigenvalue weighted by atomic mass is 16.5. The molecule has 0 aliphatic heterocycles. The van der Waals surface area contributed by atoms with E-state index in [1.807, 2.05) is 0 Å². The Hall–Kier alpha value is -3.35. The normalized spacial score (nSPS) is 10.8. The van der Waals surface area contributed by atoms with Gasteiger partial charge in [0.2, 0.25) is 0 Å². The Morgan fingerprint density at radius 1 is 1.12 bits per heavy atom. The average molecular weight is 339 g/mol. The van der Waals surface area contributed by atoms with Crippen LogP contribution in [0.1, 0.15) is 15.9 Å². The number of methoxy groups -OCH3 is 1. The Balaban J connectivity index is 2.21. The number of aryl methyl sites for hydroxylation is 1. The first-order valence-electron chi connectivity index (χ1n) is 7.58. The van der Waals surface area contributed by atoms with Gasteiger partial charge in [-0.2, -0.15) is 0 Å². The minimum absolute atomic E-state index is 0.115. The minimum atomic E-state index is -0.541. The maximum absolute atomic E-state index is 12.8. The average Bonchev–Trinajstić information content (AvgIpc) is 2.63. The number of carbonyl (C=O) groups is 1. The summed E-state index contributed by atoms with van der Waals surface area (Å²) in [5.74, 6) is -0.541. The first-order valence-corrected chi connectivity index (χ1v) is 7.58. The van der Waals surface area contributed by atoms with Crippen LogP contribution in [-0.4, -0.2) is 22.2 Å². The van der Waals surface area contributed by atoms with Gasteiger partial charge in [-0.15, -0.1) is 0 Å². The number of rotatable bonds is 3. The summed E-state index contributed by atoms with van der Waals surface area (Å²) in [4.78, 5) is 37.1. The molecule has 0 saturated heterocycles. The van der Waals surface area contributed by atoms with Crippen molar-refractivity contribution in [2.75, 3.05) is 12.8 Å². The summed E-state index contributed by atoms with van der Waals surface area (Å²) in [5, 5.41) is 0.278. The van der Waals surface area contributed by atoms with Crippen LogP contribution in [0.15, 0.2) is 52.1 Å². The molecular formula is C18H17N3O4. The molecule has 0 bridgehead atoms. The number of hydrogen-bond donors (Lipinski definition) is 1. The van der Waals surface area contributed by atoms with Crippen molar-refractivity contribution >= 4 is 22.6 Å². The van der Waals surface area contributed by atoms with E-state index >= 15 is 0 Å². The smallest absolute Gasteiger partial charge is 0.337 e. The Bertz CT molecular complexity index is 1080. The summed E-state index contributed by atoms with van der Waals surface area (Å²) in [7, 11) is 2.86. The number of fused-ring (bicyclic) bond motifs is 1. The van der Waals surface area contributed by atoms with Gasteiger partial charge in [0, 0.05) is 12.7 Å². The minimum Gasteiger partial charge on any atom is -0.465 e. The first-order chi connectivity index (χ1) is 11.9. The summed E-state index contributed by atoms with van der Waals surface area (Å²) in [6, 6.07) is 11.5. The van der Waals surface area contributed by atoms with E-state index in [0.29, 0.717) is 11.2 Å². The van der Waals surface area contributed by atoms with Crippen LogP contribution in [-0.2, 0) is 18.3 Å². The van der Waals surface area contributed by atoms with E-state index in [2.05, 4.69) is 4.74 Å². The molecule has 1 heterocycles. The molecule has 0 unspecified atom stereocenters. The molecule has 2 N–H and O–H groups in total. The molecule has 1 aromatic heterocycles. The molecule has 0 aliphatic rings. The summed E-state index contributed by atoms with van der Waals surface area (Å²) in [6.07, 6.45) is 0. The zero-order valence-corrected chi connectivity index (χ0v) is 13.9. The van der Waals surface area contributed by atoms with Crippen molar-refractivity contribution in [2.45, 2.75) is 6.54 Å². The number of nitrogens with two attached hydrogens (primary N) is 1. The van der Waals surface area contributed by atoms with Crippen molar-refractivity contribution in [1.29, 1.82) is 0 Å². The van der Waals surface area contributed by atoms with Crippen molar-refractivity contribution in [3.63, 3.8) is 0 Å². The third kappa shape index (κ3) is 2.91. The highest BCUT2D eigenvalue weighted by molar-refractivity contribution is 5.94. The molecule has 0 saturated carbocycles. The third-order valence-corrected chi connectivity index (χ3v) is 4.09. The first kappa shape index (κ1) is 16.5. The molecule has 3 aromatic rings. The lowest BCUT2D eigenvalue weighted by molar-refractivity contribution is 0.0601. The monoisotopic (exact) mass is 339 g/mol. The molecule has 2 aromatic carbocycles. The molecule has 3 rings (SSSR count). The lowest BCUT2D eigenvalue weighted by atomic mass is 10.1. The quantitative estimate of drug-likeness (QED) is 0.570. The third-order valence-electron chi connectivity index (χ3n) is 4.09. The summed E-state index contributed by atoms with van der Waals surface area (Å²) in [5.41, 5.74) is 6.86. The van der Waals surface area contributed by atoms with Gasteiger partial charge in [-0.25, -0.2) is 9.59 Å². The fourth-order valence-electron chi connectivity index (χ4n) is 2.71. The Morgan fingerprint density at radius 2 is 1.80 bits per heavy atom. The van der Waals surface area contributed by atoms with Crippen LogP contribution in [0, 0.1) is 0 Å². The Labute approximate surface area is 142 Å². The number of anilines is 1. The van der Waals surface area contributed by atoms with Crippen molar-refractivity contribution in [1.82, 2.24) is 9.13 Å². The van der Waals surface area contributed by atoms with Crippen LogP contribution < -0.4 is 17.0 Å². The van der Waals surface area contributed by atoms with Gasteiger partial charge in [-0.1, -0.05) is 12.1 Å².